The molecule has 1 aromatic rings. The third kappa shape index (κ3) is 1.77. The first kappa shape index (κ1) is 12.0. The summed E-state index contributed by atoms with van der Waals surface area (Å²) in [7, 11) is 1.80. The highest BCUT2D eigenvalue weighted by Gasteiger charge is 2.44. The molecule has 0 unspecified atom stereocenters. The van der Waals surface area contributed by atoms with Gasteiger partial charge in [-0.15, -0.1) is 0 Å². The van der Waals surface area contributed by atoms with E-state index in [4.69, 9.17) is 0 Å². The lowest BCUT2D eigenvalue weighted by Gasteiger charge is -2.45. The molecule has 0 saturated carbocycles. The number of likely N-dealkylation sites (tertiary alicyclic amines) is 1. The summed E-state index contributed by atoms with van der Waals surface area (Å²) in [5.41, 5.74) is 1.95. The topological polar surface area (TPSA) is 40.5 Å². The molecule has 1 aliphatic heterocycles. The molecule has 1 heterocycles. The zero-order chi connectivity index (χ0) is 13.5. The normalized spacial score (nSPS) is 26.6. The monoisotopic (exact) mass is 255 g/mol. The van der Waals surface area contributed by atoms with Gasteiger partial charge in [0.15, 0.2) is 0 Å². The standard InChI is InChI=1S/C16H17NO2/c1-17-14-11-13(18)7-9-16(14,10-8-15(17)19)12-5-3-2-4-6-12/h2-7,11,18H,8-10H2,1H3/t16-/m1/s1. The van der Waals surface area contributed by atoms with Gasteiger partial charge in [0.05, 0.1) is 0 Å². The summed E-state index contributed by atoms with van der Waals surface area (Å²) in [6, 6.07) is 10.3. The van der Waals surface area contributed by atoms with Crippen LogP contribution in [0.1, 0.15) is 24.8 Å². The number of piperidine rings is 1. The Morgan fingerprint density at radius 2 is 2.00 bits per heavy atom. The molecule has 1 fully saturated rings. The van der Waals surface area contributed by atoms with Gasteiger partial charge in [-0.1, -0.05) is 30.3 Å². The van der Waals surface area contributed by atoms with Crippen LogP contribution in [-0.2, 0) is 10.2 Å². The second-order valence-electron chi connectivity index (χ2n) is 5.26. The van der Waals surface area contributed by atoms with Crippen molar-refractivity contribution >= 4 is 5.91 Å². The fourth-order valence-corrected chi connectivity index (χ4v) is 3.16. The number of allylic oxidation sites excluding steroid dienone is 3. The van der Waals surface area contributed by atoms with Crippen molar-refractivity contribution < 1.29 is 9.90 Å². The van der Waals surface area contributed by atoms with E-state index < -0.39 is 0 Å². The summed E-state index contributed by atoms with van der Waals surface area (Å²) in [5, 5.41) is 9.76. The molecule has 1 saturated heterocycles. The van der Waals surface area contributed by atoms with E-state index in [-0.39, 0.29) is 17.1 Å². The van der Waals surface area contributed by atoms with E-state index in [2.05, 4.69) is 12.1 Å². The Kier molecular flexibility index (Phi) is 2.70. The van der Waals surface area contributed by atoms with Crippen molar-refractivity contribution in [2.45, 2.75) is 24.7 Å². The highest BCUT2D eigenvalue weighted by atomic mass is 16.3. The molecule has 1 N–H and O–H groups in total. The number of fused-ring (bicyclic) bond motifs is 1. The number of carbonyl (C=O) groups excluding carboxylic acids is 1. The average molecular weight is 255 g/mol. The zero-order valence-electron chi connectivity index (χ0n) is 11.0. The molecule has 98 valence electrons. The molecule has 1 amide bonds. The van der Waals surface area contributed by atoms with E-state index in [9.17, 15) is 9.90 Å². The van der Waals surface area contributed by atoms with Crippen molar-refractivity contribution in [3.63, 3.8) is 0 Å². The number of hydrogen-bond donors (Lipinski definition) is 1. The summed E-state index contributed by atoms with van der Waals surface area (Å²) in [6.45, 7) is 0. The second kappa shape index (κ2) is 4.26. The fraction of sp³-hybridized carbons (Fsp3) is 0.312. The molecular formula is C16H17NO2. The van der Waals surface area contributed by atoms with Crippen LogP contribution in [0.5, 0.6) is 0 Å². The van der Waals surface area contributed by atoms with Crippen LogP contribution >= 0.6 is 0 Å². The maximum Gasteiger partial charge on any atom is 0.226 e. The lowest BCUT2D eigenvalue weighted by molar-refractivity contribution is -0.131. The Morgan fingerprint density at radius 1 is 1.26 bits per heavy atom. The van der Waals surface area contributed by atoms with Crippen LogP contribution in [0.3, 0.4) is 0 Å². The number of likely N-dealkylation sites (N-methyl/N-ethyl adjacent to an activating group) is 1. The third-order valence-electron chi connectivity index (χ3n) is 4.26. The van der Waals surface area contributed by atoms with E-state index in [0.717, 1.165) is 18.5 Å². The summed E-state index contributed by atoms with van der Waals surface area (Å²) < 4.78 is 0. The molecule has 3 heteroatoms. The molecule has 19 heavy (non-hydrogen) atoms. The van der Waals surface area contributed by atoms with Crippen molar-refractivity contribution in [3.8, 4) is 0 Å². The van der Waals surface area contributed by atoms with Crippen molar-refractivity contribution in [2.24, 2.45) is 0 Å². The minimum atomic E-state index is -0.170. The van der Waals surface area contributed by atoms with Gasteiger partial charge in [-0.25, -0.2) is 0 Å². The van der Waals surface area contributed by atoms with Gasteiger partial charge < -0.3 is 10.0 Å². The van der Waals surface area contributed by atoms with Gasteiger partial charge >= 0.3 is 0 Å². The van der Waals surface area contributed by atoms with E-state index >= 15 is 0 Å². The molecule has 2 aliphatic rings. The quantitative estimate of drug-likeness (QED) is 0.838. The number of nitrogens with zero attached hydrogens (tertiary/aromatic N) is 1. The van der Waals surface area contributed by atoms with Crippen molar-refractivity contribution in [1.82, 2.24) is 4.90 Å². The number of rotatable bonds is 1. The van der Waals surface area contributed by atoms with E-state index in [0.29, 0.717) is 6.42 Å². The molecule has 3 rings (SSSR count). The molecule has 1 aliphatic carbocycles. The van der Waals surface area contributed by atoms with Crippen LogP contribution in [0.2, 0.25) is 0 Å². The molecule has 1 aromatic carbocycles. The summed E-state index contributed by atoms with van der Waals surface area (Å²) in [6.07, 6.45) is 5.67. The van der Waals surface area contributed by atoms with Gasteiger partial charge in [0.2, 0.25) is 5.91 Å². The molecule has 0 spiro atoms. The Hall–Kier alpha value is -2.03. The minimum absolute atomic E-state index is 0.118. The van der Waals surface area contributed by atoms with E-state index in [1.54, 1.807) is 18.0 Å². The summed E-state index contributed by atoms with van der Waals surface area (Å²) in [4.78, 5) is 13.6. The van der Waals surface area contributed by atoms with Crippen LogP contribution in [0.15, 0.2) is 53.9 Å². The highest BCUT2D eigenvalue weighted by Crippen LogP contribution is 2.47. The lowest BCUT2D eigenvalue weighted by Crippen LogP contribution is -2.45. The first-order valence-corrected chi connectivity index (χ1v) is 6.57. The average Bonchev–Trinajstić information content (AvgIpc) is 2.45. The van der Waals surface area contributed by atoms with Gasteiger partial charge in [-0.3, -0.25) is 4.79 Å². The minimum Gasteiger partial charge on any atom is -0.508 e. The smallest absolute Gasteiger partial charge is 0.226 e. The summed E-state index contributed by atoms with van der Waals surface area (Å²) >= 11 is 0. The van der Waals surface area contributed by atoms with E-state index in [1.165, 1.54) is 5.56 Å². The Balaban J connectivity index is 2.14. The number of amides is 1. The Bertz CT molecular complexity index is 574. The first-order chi connectivity index (χ1) is 9.13. The number of hydrogen-bond acceptors (Lipinski definition) is 2. The van der Waals surface area contributed by atoms with Crippen molar-refractivity contribution in [1.29, 1.82) is 0 Å². The van der Waals surface area contributed by atoms with Gasteiger partial charge in [0.1, 0.15) is 5.76 Å². The third-order valence-corrected chi connectivity index (χ3v) is 4.26. The first-order valence-electron chi connectivity index (χ1n) is 6.57. The Morgan fingerprint density at radius 3 is 2.74 bits per heavy atom. The van der Waals surface area contributed by atoms with Crippen LogP contribution in [0.4, 0.5) is 0 Å². The maximum absolute atomic E-state index is 11.9. The number of aliphatic hydroxyl groups is 1. The van der Waals surface area contributed by atoms with Crippen LogP contribution in [0, 0.1) is 0 Å². The van der Waals surface area contributed by atoms with Crippen LogP contribution in [-0.4, -0.2) is 23.0 Å². The van der Waals surface area contributed by atoms with Crippen LogP contribution in [0.25, 0.3) is 0 Å². The van der Waals surface area contributed by atoms with Crippen molar-refractivity contribution in [2.75, 3.05) is 7.05 Å². The van der Waals surface area contributed by atoms with Gasteiger partial charge in [0.25, 0.3) is 0 Å². The number of carbonyl (C=O) groups is 1. The predicted molar refractivity (Wildman–Crippen MR) is 73.5 cm³/mol. The number of aliphatic hydroxyl groups excluding tert-OH is 1. The van der Waals surface area contributed by atoms with Gasteiger partial charge in [0, 0.05) is 30.7 Å². The Labute approximate surface area is 112 Å². The zero-order valence-corrected chi connectivity index (χ0v) is 11.0. The molecule has 3 nitrogen and oxygen atoms in total. The highest BCUT2D eigenvalue weighted by molar-refractivity contribution is 5.80. The molecule has 1 atom stereocenters. The number of benzene rings is 1. The molecule has 0 aromatic heterocycles. The molecule has 0 radical (unpaired) electrons. The SMILES string of the molecule is CN1C(=O)CC[C@@]2(c3ccccc3)CC=C(O)C=C12. The maximum atomic E-state index is 11.9. The largest absolute Gasteiger partial charge is 0.508 e. The summed E-state index contributed by atoms with van der Waals surface area (Å²) in [5.74, 6) is 0.371. The van der Waals surface area contributed by atoms with Gasteiger partial charge in [-0.2, -0.15) is 0 Å². The molecule has 0 bridgehead atoms. The lowest BCUT2D eigenvalue weighted by atomic mass is 9.67. The van der Waals surface area contributed by atoms with Crippen molar-refractivity contribution in [3.05, 3.63) is 59.5 Å². The van der Waals surface area contributed by atoms with E-state index in [1.807, 2.05) is 24.3 Å². The fourth-order valence-electron chi connectivity index (χ4n) is 3.16. The van der Waals surface area contributed by atoms with Gasteiger partial charge in [-0.05, 0) is 24.5 Å². The van der Waals surface area contributed by atoms with Crippen LogP contribution < -0.4 is 0 Å². The second-order valence-corrected chi connectivity index (χ2v) is 5.26. The molecular weight excluding hydrogens is 238 g/mol. The predicted octanol–water partition coefficient (Wildman–Crippen LogP) is 2.91.